The van der Waals surface area contributed by atoms with E-state index in [9.17, 15) is 0 Å². The van der Waals surface area contributed by atoms with Crippen molar-refractivity contribution in [3.05, 3.63) is 0 Å². The van der Waals surface area contributed by atoms with Crippen LogP contribution in [0.15, 0.2) is 0 Å². The molecule has 0 fully saturated rings. The van der Waals surface area contributed by atoms with E-state index in [0.29, 0.717) is 0 Å². The Hall–Kier alpha value is 2.05. The van der Waals surface area contributed by atoms with E-state index in [1.807, 2.05) is 0 Å². The Labute approximate surface area is 81.9 Å². The number of rotatable bonds is 0. The summed E-state index contributed by atoms with van der Waals surface area (Å²) >= 11 is 0. The minimum Gasteiger partial charge on any atom is -2.00 e. The average molecular weight is 386 g/mol. The Kier molecular flexibility index (Phi) is 976. The van der Waals surface area contributed by atoms with E-state index in [1.54, 1.807) is 0 Å². The van der Waals surface area contributed by atoms with Crippen LogP contribution < -0.4 is 0 Å². The van der Waals surface area contributed by atoms with E-state index in [0.717, 1.165) is 0 Å². The Morgan fingerprint density at radius 1 is 0.500 bits per heavy atom. The number of hydrogen-bond donors (Lipinski definition) is 0. The molecule has 0 rings (SSSR count). The Balaban J connectivity index is 0. The zero-order chi connectivity index (χ0) is 0. The van der Waals surface area contributed by atoms with E-state index >= 15 is 0 Å². The molecule has 0 N–H and O–H groups in total. The van der Waals surface area contributed by atoms with Crippen LogP contribution in [-0.4, -0.2) is 27.3 Å². The summed E-state index contributed by atoms with van der Waals surface area (Å²) in [5, 5.41) is 0. The molecule has 0 saturated carbocycles. The average Bonchev–Trinajstić information content (AvgIpc) is 0. The first-order chi connectivity index (χ1) is 0. The summed E-state index contributed by atoms with van der Waals surface area (Å²) in [6, 6.07) is 0. The zero-order valence-electron chi connectivity index (χ0n) is 3.14. The minimum atomic E-state index is 0. The molecule has 0 saturated heterocycles. The molecule has 0 aliphatic heterocycles. The van der Waals surface area contributed by atoms with Gasteiger partial charge in [0.25, 0.3) is 0 Å². The monoisotopic (exact) mass is 384 g/mol. The first kappa shape index (κ1) is 95.3. The first-order valence-electron chi connectivity index (χ1n) is 0. The van der Waals surface area contributed by atoms with Crippen molar-refractivity contribution in [3.63, 3.8) is 0 Å². The van der Waals surface area contributed by atoms with Crippen molar-refractivity contribution in [3.8, 4) is 0 Å². The quantitative estimate of drug-likeness (QED) is 0.492. The van der Waals surface area contributed by atoms with Gasteiger partial charge in [-0.2, -0.15) is 0 Å². The third kappa shape index (κ3) is 36.7. The third-order valence-electron chi connectivity index (χ3n) is 0. The Morgan fingerprint density at radius 3 is 0.500 bits per heavy atom. The Bertz CT molecular complexity index is 8.75. The van der Waals surface area contributed by atoms with Crippen molar-refractivity contribution in [1.29, 1.82) is 0 Å². The topological polar surface area (TPSA) is 85.5 Å². The smallest absolute Gasteiger partial charge is 2.00 e. The van der Waals surface area contributed by atoms with Crippen LogP contribution in [0.3, 0.4) is 0 Å². The summed E-state index contributed by atoms with van der Waals surface area (Å²) < 4.78 is 0. The summed E-state index contributed by atoms with van der Waals surface area (Å²) in [5.41, 5.74) is 0. The van der Waals surface area contributed by atoms with E-state index in [1.165, 1.54) is 0 Å². The molecule has 0 aliphatic carbocycles. The zero-order valence-corrected chi connectivity index (χ0v) is 13.0. The second-order valence-electron chi connectivity index (χ2n) is 0. The van der Waals surface area contributed by atoms with E-state index in [2.05, 4.69) is 0 Å². The molecule has 0 bridgehead atoms. The van der Waals surface area contributed by atoms with Crippen molar-refractivity contribution < 1.29 is 55.4 Å². The fourth-order valence-corrected chi connectivity index (χ4v) is 0. The van der Waals surface area contributed by atoms with Crippen LogP contribution in [0.5, 0.6) is 0 Å². The van der Waals surface area contributed by atoms with Gasteiger partial charge in [0.1, 0.15) is 0 Å². The molecule has 3 nitrogen and oxygen atoms in total. The van der Waals surface area contributed by atoms with Gasteiger partial charge in [0.2, 0.25) is 0 Å². The minimum absolute atomic E-state index is 0. The standard InChI is InChI=1S/3O.Pb.2Zn/q3*-2;3*+2. The van der Waals surface area contributed by atoms with Gasteiger partial charge in [0.05, 0.1) is 0 Å². The SMILES string of the molecule is [O-2].[O-2].[O-2].[Pb+2].[Zn+2].[Zn+2]. The van der Waals surface area contributed by atoms with Gasteiger partial charge in [-0.05, 0) is 0 Å². The van der Waals surface area contributed by atoms with Crippen molar-refractivity contribution in [2.45, 2.75) is 0 Å². The maximum Gasteiger partial charge on any atom is 2.00 e. The molecule has 0 aliphatic rings. The van der Waals surface area contributed by atoms with Crippen LogP contribution in [-0.2, 0) is 55.4 Å². The van der Waals surface area contributed by atoms with Crippen LogP contribution in [0.2, 0.25) is 0 Å². The second kappa shape index (κ2) is 61.4. The molecule has 0 spiro atoms. The van der Waals surface area contributed by atoms with Gasteiger partial charge in [-0.1, -0.05) is 0 Å². The molecule has 0 heterocycles. The summed E-state index contributed by atoms with van der Waals surface area (Å²) in [6.45, 7) is 0. The van der Waals surface area contributed by atoms with Crippen molar-refractivity contribution >= 4 is 27.3 Å². The van der Waals surface area contributed by atoms with E-state index in [4.69, 9.17) is 0 Å². The Morgan fingerprint density at radius 2 is 0.500 bits per heavy atom. The predicted molar refractivity (Wildman–Crippen MR) is 7.81 cm³/mol. The van der Waals surface area contributed by atoms with Crippen molar-refractivity contribution in [2.24, 2.45) is 0 Å². The van der Waals surface area contributed by atoms with Gasteiger partial charge in [-0.3, -0.25) is 0 Å². The van der Waals surface area contributed by atoms with Gasteiger partial charge < -0.3 is 16.4 Å². The van der Waals surface area contributed by atoms with E-state index in [-0.39, 0.29) is 82.7 Å². The van der Waals surface area contributed by atoms with Gasteiger partial charge in [0, 0.05) is 0 Å². The maximum atomic E-state index is 0. The molecule has 0 unspecified atom stereocenters. The van der Waals surface area contributed by atoms with Crippen molar-refractivity contribution in [1.82, 2.24) is 0 Å². The molecular weight excluding hydrogens is 386 g/mol. The molecule has 0 atom stereocenters. The van der Waals surface area contributed by atoms with Crippen LogP contribution in [0.1, 0.15) is 0 Å². The normalized spacial score (nSPS) is 0. The fourth-order valence-electron chi connectivity index (χ4n) is 0. The molecule has 0 aromatic heterocycles. The third-order valence-corrected chi connectivity index (χ3v) is 0. The van der Waals surface area contributed by atoms with Crippen LogP contribution in [0, 0.1) is 0 Å². The van der Waals surface area contributed by atoms with Gasteiger partial charge in [-0.25, -0.2) is 0 Å². The molecule has 0 aromatic carbocycles. The maximum absolute atomic E-state index is 0. The largest absolute Gasteiger partial charge is 2.00 e. The molecule has 6 heavy (non-hydrogen) atoms. The molecule has 0 amide bonds. The fraction of sp³-hybridized carbons (Fsp3) is 0. The van der Waals surface area contributed by atoms with Gasteiger partial charge >= 0.3 is 66.3 Å². The molecule has 0 aromatic rings. The van der Waals surface area contributed by atoms with Gasteiger partial charge in [-0.15, -0.1) is 0 Å². The summed E-state index contributed by atoms with van der Waals surface area (Å²) in [4.78, 5) is 0. The summed E-state index contributed by atoms with van der Waals surface area (Å²) in [5.74, 6) is 0. The second-order valence-corrected chi connectivity index (χ2v) is 0. The van der Waals surface area contributed by atoms with Crippen LogP contribution >= 0.6 is 0 Å². The molecule has 6 heteroatoms. The van der Waals surface area contributed by atoms with Gasteiger partial charge in [0.15, 0.2) is 0 Å². The summed E-state index contributed by atoms with van der Waals surface area (Å²) in [6.07, 6.45) is 0. The molecular formula is O3PbZn2. The first-order valence-corrected chi connectivity index (χ1v) is 0. The number of hydrogen-bond acceptors (Lipinski definition) is 0. The predicted octanol–water partition coefficient (Wildman–Crippen LogP) is -0.742. The van der Waals surface area contributed by atoms with Crippen molar-refractivity contribution in [2.75, 3.05) is 0 Å². The summed E-state index contributed by atoms with van der Waals surface area (Å²) in [7, 11) is 0. The molecule has 2 radical (unpaired) electrons. The van der Waals surface area contributed by atoms with Crippen LogP contribution in [0.25, 0.3) is 0 Å². The van der Waals surface area contributed by atoms with Crippen LogP contribution in [0.4, 0.5) is 0 Å². The van der Waals surface area contributed by atoms with E-state index < -0.39 is 0 Å². The molecule has 26 valence electrons.